The Morgan fingerprint density at radius 3 is 2.56 bits per heavy atom. The molecule has 1 aromatic carbocycles. The van der Waals surface area contributed by atoms with Crippen LogP contribution in [-0.2, 0) is 17.8 Å². The van der Waals surface area contributed by atoms with Crippen LogP contribution in [-0.4, -0.2) is 25.9 Å². The van der Waals surface area contributed by atoms with Crippen molar-refractivity contribution in [2.24, 2.45) is 5.92 Å². The molecule has 0 N–H and O–H groups in total. The number of carbonyl (C=O) groups is 1. The fourth-order valence-electron chi connectivity index (χ4n) is 2.62. The molecule has 0 atom stereocenters. The molecule has 0 saturated heterocycles. The van der Waals surface area contributed by atoms with Gasteiger partial charge in [-0.3, -0.25) is 0 Å². The summed E-state index contributed by atoms with van der Waals surface area (Å²) in [7, 11) is 0. The monoisotopic (exact) mass is 388 g/mol. The Kier molecular flexibility index (Phi) is 5.60. The molecule has 2 aromatic heterocycles. The number of aromatic nitrogens is 4. The van der Waals surface area contributed by atoms with E-state index in [-0.39, 0.29) is 12.5 Å². The number of esters is 1. The van der Waals surface area contributed by atoms with Gasteiger partial charge in [-0.05, 0) is 44.0 Å². The zero-order valence-corrected chi connectivity index (χ0v) is 16.4. The normalized spacial score (nSPS) is 11.2. The second-order valence-corrected chi connectivity index (χ2v) is 7.10. The van der Waals surface area contributed by atoms with Gasteiger partial charge in [0.05, 0.1) is 27.7 Å². The molecule has 27 heavy (non-hydrogen) atoms. The predicted octanol–water partition coefficient (Wildman–Crippen LogP) is 4.08. The summed E-state index contributed by atoms with van der Waals surface area (Å²) in [6, 6.07) is 6.94. The predicted molar refractivity (Wildman–Crippen MR) is 100 cm³/mol. The first kappa shape index (κ1) is 19.1. The maximum absolute atomic E-state index is 12.2. The minimum Gasteiger partial charge on any atom is -0.452 e. The number of halogens is 1. The number of hydrogen-bond acceptors (Lipinski definition) is 6. The van der Waals surface area contributed by atoms with Gasteiger partial charge in [0.2, 0.25) is 0 Å². The van der Waals surface area contributed by atoms with Crippen molar-refractivity contribution in [3.8, 4) is 5.69 Å². The number of benzene rings is 1. The van der Waals surface area contributed by atoms with E-state index in [9.17, 15) is 4.79 Å². The summed E-state index contributed by atoms with van der Waals surface area (Å²) in [5.74, 6) is 0.863. The van der Waals surface area contributed by atoms with Crippen molar-refractivity contribution in [3.63, 3.8) is 0 Å². The van der Waals surface area contributed by atoms with Crippen molar-refractivity contribution >= 4 is 17.6 Å². The van der Waals surface area contributed by atoms with E-state index in [4.69, 9.17) is 20.9 Å². The topological polar surface area (TPSA) is 83.0 Å². The molecule has 3 aromatic rings. The van der Waals surface area contributed by atoms with Crippen LogP contribution >= 0.6 is 11.6 Å². The zero-order valence-electron chi connectivity index (χ0n) is 15.7. The van der Waals surface area contributed by atoms with E-state index in [2.05, 4.69) is 29.1 Å². The van der Waals surface area contributed by atoms with Gasteiger partial charge in [-0.1, -0.05) is 30.6 Å². The van der Waals surface area contributed by atoms with E-state index < -0.39 is 5.97 Å². The van der Waals surface area contributed by atoms with E-state index in [0.29, 0.717) is 22.3 Å². The number of aryl methyl sites for hydroxylation is 1. The third-order valence-electron chi connectivity index (χ3n) is 3.98. The van der Waals surface area contributed by atoms with Crippen molar-refractivity contribution in [2.75, 3.05) is 0 Å². The standard InChI is InChI=1S/C19H21ClN4O3/c1-11(2)9-16-21-17(27-23-16)10-26-19(25)14-5-7-15(8-6-14)24-13(4)18(20)12(3)22-24/h5-8,11H,9-10H2,1-4H3. The Balaban J connectivity index is 1.64. The molecular weight excluding hydrogens is 368 g/mol. The first-order chi connectivity index (χ1) is 12.8. The molecule has 0 aliphatic rings. The number of carbonyl (C=O) groups excluding carboxylic acids is 1. The van der Waals surface area contributed by atoms with E-state index in [1.807, 2.05) is 13.8 Å². The molecule has 0 aliphatic carbocycles. The minimum absolute atomic E-state index is 0.0568. The third-order valence-corrected chi connectivity index (χ3v) is 4.53. The molecule has 2 heterocycles. The molecule has 0 bridgehead atoms. The lowest BCUT2D eigenvalue weighted by Crippen LogP contribution is -2.06. The molecule has 0 unspecified atom stereocenters. The second kappa shape index (κ2) is 7.92. The van der Waals surface area contributed by atoms with Gasteiger partial charge in [-0.15, -0.1) is 0 Å². The SMILES string of the molecule is Cc1nn(-c2ccc(C(=O)OCc3nc(CC(C)C)no3)cc2)c(C)c1Cl. The summed E-state index contributed by atoms with van der Waals surface area (Å²) >= 11 is 6.18. The van der Waals surface area contributed by atoms with Gasteiger partial charge in [0.15, 0.2) is 12.4 Å². The van der Waals surface area contributed by atoms with E-state index in [0.717, 1.165) is 23.5 Å². The summed E-state index contributed by atoms with van der Waals surface area (Å²) in [5, 5.41) is 8.90. The van der Waals surface area contributed by atoms with Crippen molar-refractivity contribution in [1.29, 1.82) is 0 Å². The van der Waals surface area contributed by atoms with Gasteiger partial charge < -0.3 is 9.26 Å². The zero-order chi connectivity index (χ0) is 19.6. The largest absolute Gasteiger partial charge is 0.452 e. The molecule has 142 valence electrons. The van der Waals surface area contributed by atoms with Crippen molar-refractivity contribution in [1.82, 2.24) is 19.9 Å². The van der Waals surface area contributed by atoms with Gasteiger partial charge in [0.25, 0.3) is 5.89 Å². The van der Waals surface area contributed by atoms with Crippen molar-refractivity contribution in [2.45, 2.75) is 40.7 Å². The molecule has 0 amide bonds. The summed E-state index contributed by atoms with van der Waals surface area (Å²) < 4.78 is 12.1. The molecule has 0 aliphatic heterocycles. The first-order valence-electron chi connectivity index (χ1n) is 8.66. The summed E-state index contributed by atoms with van der Waals surface area (Å²) in [5.41, 5.74) is 2.84. The van der Waals surface area contributed by atoms with Crippen LogP contribution in [0.5, 0.6) is 0 Å². The Morgan fingerprint density at radius 2 is 1.96 bits per heavy atom. The first-order valence-corrected chi connectivity index (χ1v) is 9.03. The Morgan fingerprint density at radius 1 is 1.26 bits per heavy atom. The highest BCUT2D eigenvalue weighted by molar-refractivity contribution is 6.31. The third kappa shape index (κ3) is 4.36. The minimum atomic E-state index is -0.462. The van der Waals surface area contributed by atoms with Crippen LogP contribution in [0.4, 0.5) is 0 Å². The van der Waals surface area contributed by atoms with Crippen molar-refractivity contribution < 1.29 is 14.1 Å². The van der Waals surface area contributed by atoms with E-state index in [1.54, 1.807) is 28.9 Å². The summed E-state index contributed by atoms with van der Waals surface area (Å²) in [4.78, 5) is 16.4. The van der Waals surface area contributed by atoms with Gasteiger partial charge in [-0.2, -0.15) is 10.1 Å². The van der Waals surface area contributed by atoms with E-state index >= 15 is 0 Å². The lowest BCUT2D eigenvalue weighted by atomic mass is 10.1. The lowest BCUT2D eigenvalue weighted by molar-refractivity contribution is 0.0430. The highest BCUT2D eigenvalue weighted by atomic mass is 35.5. The van der Waals surface area contributed by atoms with Crippen molar-refractivity contribution in [3.05, 3.63) is 58.0 Å². The summed E-state index contributed by atoms with van der Waals surface area (Å²) in [6.07, 6.45) is 0.718. The van der Waals surface area contributed by atoms with Crippen LogP contribution in [0.2, 0.25) is 5.02 Å². The maximum Gasteiger partial charge on any atom is 0.338 e. The van der Waals surface area contributed by atoms with Crippen LogP contribution in [0.3, 0.4) is 0 Å². The van der Waals surface area contributed by atoms with Crippen LogP contribution < -0.4 is 0 Å². The molecule has 0 saturated carbocycles. The molecule has 3 rings (SSSR count). The van der Waals surface area contributed by atoms with Crippen LogP contribution in [0.1, 0.15) is 47.3 Å². The molecular formula is C19H21ClN4O3. The molecule has 0 spiro atoms. The molecule has 0 fully saturated rings. The lowest BCUT2D eigenvalue weighted by Gasteiger charge is -2.06. The van der Waals surface area contributed by atoms with Gasteiger partial charge in [0.1, 0.15) is 0 Å². The number of ether oxygens (including phenoxy) is 1. The van der Waals surface area contributed by atoms with Crippen LogP contribution in [0.15, 0.2) is 28.8 Å². The van der Waals surface area contributed by atoms with Gasteiger partial charge in [0, 0.05) is 6.42 Å². The Bertz CT molecular complexity index is 945. The maximum atomic E-state index is 12.2. The number of nitrogens with zero attached hydrogens (tertiary/aromatic N) is 4. The highest BCUT2D eigenvalue weighted by Crippen LogP contribution is 2.22. The molecule has 0 radical (unpaired) electrons. The average Bonchev–Trinajstić information content (AvgIpc) is 3.19. The fourth-order valence-corrected chi connectivity index (χ4v) is 2.74. The smallest absolute Gasteiger partial charge is 0.338 e. The number of rotatable bonds is 6. The Labute approximate surface area is 162 Å². The fraction of sp³-hybridized carbons (Fsp3) is 0.368. The van der Waals surface area contributed by atoms with Crippen LogP contribution in [0.25, 0.3) is 5.69 Å². The van der Waals surface area contributed by atoms with Crippen LogP contribution in [0, 0.1) is 19.8 Å². The quantitative estimate of drug-likeness (QED) is 0.591. The van der Waals surface area contributed by atoms with Gasteiger partial charge in [-0.25, -0.2) is 9.48 Å². The Hall–Kier alpha value is -2.67. The van der Waals surface area contributed by atoms with Gasteiger partial charge >= 0.3 is 5.97 Å². The molecule has 7 nitrogen and oxygen atoms in total. The average molecular weight is 389 g/mol. The van der Waals surface area contributed by atoms with E-state index in [1.165, 1.54) is 0 Å². The molecule has 8 heteroatoms. The highest BCUT2D eigenvalue weighted by Gasteiger charge is 2.14. The number of hydrogen-bond donors (Lipinski definition) is 0. The summed E-state index contributed by atoms with van der Waals surface area (Å²) in [6.45, 7) is 7.82. The second-order valence-electron chi connectivity index (χ2n) is 6.72.